The number of nitrogens with zero attached hydrogens (tertiary/aromatic N) is 6. The van der Waals surface area contributed by atoms with Gasteiger partial charge < -0.3 is 4.90 Å². The molecule has 2 aliphatic rings. The summed E-state index contributed by atoms with van der Waals surface area (Å²) in [4.78, 5) is 12.8. The number of rotatable bonds is 4. The molecule has 0 N–H and O–H groups in total. The molecule has 7 aromatic rings. The fraction of sp³-hybridized carbons (Fsp3) is 0.0476. The topological polar surface area (TPSA) is 81.5 Å². The molecular formula is C42H26N6. The van der Waals surface area contributed by atoms with Crippen LogP contribution in [0, 0.1) is 22.7 Å². The minimum Gasteiger partial charge on any atom is -0.333 e. The van der Waals surface area contributed by atoms with Crippen molar-refractivity contribution in [2.75, 3.05) is 4.90 Å². The van der Waals surface area contributed by atoms with E-state index in [2.05, 4.69) is 113 Å². The van der Waals surface area contributed by atoms with Crippen molar-refractivity contribution >= 4 is 33.2 Å². The lowest BCUT2D eigenvalue weighted by molar-refractivity contribution is 0.747. The van der Waals surface area contributed by atoms with Gasteiger partial charge in [-0.1, -0.05) is 85.0 Å². The predicted octanol–water partition coefficient (Wildman–Crippen LogP) is 9.38. The van der Waals surface area contributed by atoms with Crippen LogP contribution in [-0.4, -0.2) is 20.6 Å². The molecule has 0 fully saturated rings. The minimum atomic E-state index is 0.158. The number of aromatic nitrogens is 3. The second-order valence-electron chi connectivity index (χ2n) is 12.1. The number of hydrogen-bond acceptors (Lipinski definition) is 5. The van der Waals surface area contributed by atoms with Gasteiger partial charge in [-0.25, -0.2) is 9.97 Å². The molecule has 48 heavy (non-hydrogen) atoms. The summed E-state index contributed by atoms with van der Waals surface area (Å²) in [6, 6.07) is 45.0. The highest BCUT2D eigenvalue weighted by Gasteiger charge is 2.39. The predicted molar refractivity (Wildman–Crippen MR) is 190 cm³/mol. The van der Waals surface area contributed by atoms with Crippen LogP contribution in [-0.2, 0) is 0 Å². The molecule has 0 amide bonds. The summed E-state index contributed by atoms with van der Waals surface area (Å²) < 4.78 is 2.16. The van der Waals surface area contributed by atoms with Crippen LogP contribution >= 0.6 is 0 Å². The van der Waals surface area contributed by atoms with Gasteiger partial charge in [0.1, 0.15) is 0 Å². The summed E-state index contributed by atoms with van der Waals surface area (Å²) in [7, 11) is 0. The van der Waals surface area contributed by atoms with Gasteiger partial charge in [-0.05, 0) is 66.2 Å². The van der Waals surface area contributed by atoms with E-state index < -0.39 is 0 Å². The van der Waals surface area contributed by atoms with Gasteiger partial charge in [0, 0.05) is 39.2 Å². The van der Waals surface area contributed by atoms with Crippen LogP contribution in [0.1, 0.15) is 22.6 Å². The molecule has 224 valence electrons. The molecule has 9 rings (SSSR count). The minimum absolute atomic E-state index is 0.158. The average molecular weight is 615 g/mol. The molecule has 3 heterocycles. The molecule has 0 saturated heterocycles. The lowest BCUT2D eigenvalue weighted by Crippen LogP contribution is -2.28. The molecule has 0 saturated carbocycles. The number of para-hydroxylation sites is 2. The summed E-state index contributed by atoms with van der Waals surface area (Å²) in [5.41, 5.74) is 9.80. The zero-order valence-electron chi connectivity index (χ0n) is 25.7. The van der Waals surface area contributed by atoms with Gasteiger partial charge in [-0.15, -0.1) is 0 Å². The van der Waals surface area contributed by atoms with Gasteiger partial charge in [0.15, 0.2) is 0 Å². The average Bonchev–Trinajstić information content (AvgIpc) is 3.68. The highest BCUT2D eigenvalue weighted by atomic mass is 15.2. The first-order valence-electron chi connectivity index (χ1n) is 15.9. The Morgan fingerprint density at radius 1 is 0.604 bits per heavy atom. The van der Waals surface area contributed by atoms with Crippen molar-refractivity contribution in [2.45, 2.75) is 12.0 Å². The van der Waals surface area contributed by atoms with Crippen LogP contribution in [0.15, 0.2) is 146 Å². The van der Waals surface area contributed by atoms with Crippen molar-refractivity contribution in [1.82, 2.24) is 14.5 Å². The number of hydrogen-bond donors (Lipinski definition) is 0. The molecular weight excluding hydrogens is 589 g/mol. The van der Waals surface area contributed by atoms with E-state index in [-0.39, 0.29) is 12.0 Å². The number of nitriles is 2. The van der Waals surface area contributed by atoms with E-state index >= 15 is 0 Å². The summed E-state index contributed by atoms with van der Waals surface area (Å²) in [5, 5.41) is 21.6. The van der Waals surface area contributed by atoms with Crippen molar-refractivity contribution in [3.05, 3.63) is 162 Å². The van der Waals surface area contributed by atoms with Gasteiger partial charge in [0.25, 0.3) is 0 Å². The molecule has 1 aliphatic carbocycles. The van der Waals surface area contributed by atoms with E-state index in [0.29, 0.717) is 28.5 Å². The highest BCUT2D eigenvalue weighted by Crippen LogP contribution is 2.52. The lowest BCUT2D eigenvalue weighted by atomic mass is 9.88. The Balaban J connectivity index is 1.34. The number of benzene rings is 5. The standard InChI is InChI=1S/C42H26N6/c43-25-27-10-8-12-29(22-27)34-24-35(30-13-9-11-28(23-30)26-44)46-42(45-34)48-37-19-7-5-17-33(37)41-39(48)21-20-38-40(41)32-16-4-6-18-36(32)47(38)31-14-2-1-3-15-31/h1-24,32,36H. The molecule has 0 bridgehead atoms. The van der Waals surface area contributed by atoms with Crippen LogP contribution in [0.3, 0.4) is 0 Å². The Morgan fingerprint density at radius 2 is 1.27 bits per heavy atom. The van der Waals surface area contributed by atoms with Gasteiger partial charge >= 0.3 is 0 Å². The molecule has 2 atom stereocenters. The molecule has 6 heteroatoms. The summed E-state index contributed by atoms with van der Waals surface area (Å²) in [6.45, 7) is 0. The van der Waals surface area contributed by atoms with Crippen molar-refractivity contribution in [2.24, 2.45) is 0 Å². The van der Waals surface area contributed by atoms with Crippen molar-refractivity contribution in [1.29, 1.82) is 10.5 Å². The third kappa shape index (κ3) is 4.25. The maximum atomic E-state index is 9.66. The van der Waals surface area contributed by atoms with Crippen molar-refractivity contribution < 1.29 is 0 Å². The molecule has 2 unspecified atom stereocenters. The third-order valence-corrected chi connectivity index (χ3v) is 9.38. The van der Waals surface area contributed by atoms with Gasteiger partial charge in [-0.3, -0.25) is 4.57 Å². The first-order chi connectivity index (χ1) is 23.7. The van der Waals surface area contributed by atoms with E-state index in [1.165, 1.54) is 16.6 Å². The zero-order chi connectivity index (χ0) is 32.2. The Bertz CT molecular complexity index is 2490. The Labute approximate surface area is 277 Å². The second-order valence-corrected chi connectivity index (χ2v) is 12.1. The van der Waals surface area contributed by atoms with Gasteiger partial charge in [-0.2, -0.15) is 10.5 Å². The van der Waals surface area contributed by atoms with Crippen LogP contribution in [0.25, 0.3) is 50.3 Å². The highest BCUT2D eigenvalue weighted by molar-refractivity contribution is 6.13. The summed E-state index contributed by atoms with van der Waals surface area (Å²) in [6.07, 6.45) is 8.91. The Hall–Kier alpha value is -6.76. The van der Waals surface area contributed by atoms with Gasteiger partial charge in [0.05, 0.1) is 51.7 Å². The second kappa shape index (κ2) is 10.9. The molecule has 1 aliphatic heterocycles. The fourth-order valence-electron chi connectivity index (χ4n) is 7.34. The quantitative estimate of drug-likeness (QED) is 0.197. The van der Waals surface area contributed by atoms with Crippen molar-refractivity contribution in [3.63, 3.8) is 0 Å². The SMILES string of the molecule is N#Cc1cccc(-c2cc(-c3cccc(C#N)c3)nc(-n3c4ccccc4c4c5c(ccc43)N(c3ccccc3)C3C=CC=CC53)n2)c1. The summed E-state index contributed by atoms with van der Waals surface area (Å²) in [5.74, 6) is 0.685. The van der Waals surface area contributed by atoms with E-state index in [0.717, 1.165) is 33.2 Å². The molecule has 0 spiro atoms. The van der Waals surface area contributed by atoms with Crippen LogP contribution in [0.2, 0.25) is 0 Å². The van der Waals surface area contributed by atoms with Crippen LogP contribution < -0.4 is 4.90 Å². The lowest BCUT2D eigenvalue weighted by Gasteiger charge is -2.28. The fourth-order valence-corrected chi connectivity index (χ4v) is 7.34. The monoisotopic (exact) mass is 614 g/mol. The normalized spacial score (nSPS) is 16.1. The Morgan fingerprint density at radius 3 is 1.98 bits per heavy atom. The summed E-state index contributed by atoms with van der Waals surface area (Å²) >= 11 is 0. The van der Waals surface area contributed by atoms with Gasteiger partial charge in [0.2, 0.25) is 5.95 Å². The van der Waals surface area contributed by atoms with Crippen LogP contribution in [0.5, 0.6) is 0 Å². The van der Waals surface area contributed by atoms with E-state index in [1.54, 1.807) is 12.1 Å². The third-order valence-electron chi connectivity index (χ3n) is 9.38. The van der Waals surface area contributed by atoms with Crippen molar-refractivity contribution in [3.8, 4) is 40.6 Å². The van der Waals surface area contributed by atoms with E-state index in [1.807, 2.05) is 42.5 Å². The zero-order valence-corrected chi connectivity index (χ0v) is 25.7. The van der Waals surface area contributed by atoms with Crippen LogP contribution in [0.4, 0.5) is 11.4 Å². The largest absolute Gasteiger partial charge is 0.333 e. The molecule has 6 nitrogen and oxygen atoms in total. The maximum absolute atomic E-state index is 9.66. The number of anilines is 2. The number of allylic oxidation sites excluding steroid dienone is 2. The molecule has 5 aromatic carbocycles. The maximum Gasteiger partial charge on any atom is 0.235 e. The first-order valence-corrected chi connectivity index (χ1v) is 15.9. The first kappa shape index (κ1) is 27.5. The number of fused-ring (bicyclic) bond motifs is 7. The molecule has 0 radical (unpaired) electrons. The van der Waals surface area contributed by atoms with E-state index in [4.69, 9.17) is 9.97 Å². The Kier molecular flexibility index (Phi) is 6.28. The molecule has 2 aromatic heterocycles. The van der Waals surface area contributed by atoms with E-state index in [9.17, 15) is 10.5 Å². The smallest absolute Gasteiger partial charge is 0.235 e.